The summed E-state index contributed by atoms with van der Waals surface area (Å²) < 4.78 is 33.9. The van der Waals surface area contributed by atoms with Crippen LogP contribution in [0.15, 0.2) is 71.6 Å². The quantitative estimate of drug-likeness (QED) is 0.280. The first-order valence-electron chi connectivity index (χ1n) is 10.2. The van der Waals surface area contributed by atoms with E-state index >= 15 is 0 Å². The zero-order valence-corrected chi connectivity index (χ0v) is 18.0. The van der Waals surface area contributed by atoms with Gasteiger partial charge in [-0.05, 0) is 17.7 Å². The second-order valence-electron chi connectivity index (χ2n) is 8.22. The van der Waals surface area contributed by atoms with Crippen molar-refractivity contribution in [2.75, 3.05) is 6.54 Å². The highest BCUT2D eigenvalue weighted by Crippen LogP contribution is 2.51. The molecule has 0 aliphatic carbocycles. The number of benzene rings is 2. The van der Waals surface area contributed by atoms with Crippen molar-refractivity contribution in [2.24, 2.45) is 11.8 Å². The summed E-state index contributed by atoms with van der Waals surface area (Å²) in [5.74, 6) is -2.25. The molecule has 170 valence electrons. The number of nitro benzene ring substituents is 1. The Morgan fingerprint density at radius 2 is 1.76 bits per heavy atom. The highest BCUT2D eigenvalue weighted by Gasteiger charge is 2.67. The number of rotatable bonds is 7. The fourth-order valence-corrected chi connectivity index (χ4v) is 5.80. The molecule has 5 rings (SSSR count). The number of likely N-dealkylation sites (tertiary alicyclic amines) is 1. The smallest absolute Gasteiger partial charge is 0.269 e. The predicted octanol–water partition coefficient (Wildman–Crippen LogP) is 1.38. The van der Waals surface area contributed by atoms with Crippen LogP contribution in [0.1, 0.15) is 5.56 Å². The number of hydrogen-bond donors (Lipinski definition) is 1. The van der Waals surface area contributed by atoms with Crippen molar-refractivity contribution < 1.29 is 27.7 Å². The molecule has 0 unspecified atom stereocenters. The van der Waals surface area contributed by atoms with Crippen molar-refractivity contribution in [3.8, 4) is 0 Å². The molecule has 4 atom stereocenters. The molecule has 0 spiro atoms. The first-order valence-corrected chi connectivity index (χ1v) is 11.7. The summed E-state index contributed by atoms with van der Waals surface area (Å²) in [5, 5.41) is 10.8. The minimum absolute atomic E-state index is 0.142. The average molecular weight is 469 g/mol. The van der Waals surface area contributed by atoms with Gasteiger partial charge in [0.25, 0.3) is 5.69 Å². The number of carbonyl (C=O) groups excluding carboxylic acids is 2. The van der Waals surface area contributed by atoms with E-state index in [2.05, 4.69) is 4.72 Å². The Kier molecular flexibility index (Phi) is 4.92. The highest BCUT2D eigenvalue weighted by molar-refractivity contribution is 7.89. The SMILES string of the molecule is O=C1[C@@H]2[C@@H](C(=O)N1Cc1ccccc1)[C@]1(CNS(=O)(=O)c3ccc([N+](=O)[O-])cc3)C=C[C@H]2O1. The first kappa shape index (κ1) is 21.4. The monoisotopic (exact) mass is 469 g/mol. The maximum Gasteiger partial charge on any atom is 0.269 e. The number of ether oxygens (including phenoxy) is 1. The average Bonchev–Trinajstić information content (AvgIpc) is 3.45. The molecule has 10 nitrogen and oxygen atoms in total. The Morgan fingerprint density at radius 3 is 2.42 bits per heavy atom. The summed E-state index contributed by atoms with van der Waals surface area (Å²) in [7, 11) is -4.04. The van der Waals surface area contributed by atoms with Gasteiger partial charge in [0.15, 0.2) is 0 Å². The molecular weight excluding hydrogens is 450 g/mol. The van der Waals surface area contributed by atoms with Gasteiger partial charge < -0.3 is 4.74 Å². The van der Waals surface area contributed by atoms with Crippen LogP contribution in [-0.2, 0) is 30.9 Å². The molecule has 0 saturated carbocycles. The minimum atomic E-state index is -4.04. The molecule has 2 aromatic carbocycles. The molecule has 1 N–H and O–H groups in total. The minimum Gasteiger partial charge on any atom is -0.361 e. The third-order valence-electron chi connectivity index (χ3n) is 6.33. The van der Waals surface area contributed by atoms with E-state index < -0.39 is 44.4 Å². The molecule has 3 aliphatic heterocycles. The van der Waals surface area contributed by atoms with Crippen LogP contribution < -0.4 is 4.72 Å². The van der Waals surface area contributed by atoms with Crippen LogP contribution in [0.3, 0.4) is 0 Å². The van der Waals surface area contributed by atoms with Crippen molar-refractivity contribution in [2.45, 2.75) is 23.1 Å². The van der Waals surface area contributed by atoms with Gasteiger partial charge in [-0.25, -0.2) is 13.1 Å². The Balaban J connectivity index is 1.36. The largest absolute Gasteiger partial charge is 0.361 e. The molecule has 0 radical (unpaired) electrons. The summed E-state index contributed by atoms with van der Waals surface area (Å²) >= 11 is 0. The standard InChI is InChI=1S/C22H19N3O7S/c26-20-18-17-10-11-22(32-17,19(18)21(27)24(20)12-14-4-2-1-3-5-14)13-23-33(30,31)16-8-6-15(7-9-16)25(28)29/h1-11,17-19,23H,12-13H2/t17-,18+,19+,22-/m1/s1. The topological polar surface area (TPSA) is 136 Å². The molecule has 3 heterocycles. The van der Waals surface area contributed by atoms with E-state index in [4.69, 9.17) is 4.74 Å². The number of fused-ring (bicyclic) bond motifs is 5. The van der Waals surface area contributed by atoms with E-state index in [0.717, 1.165) is 29.8 Å². The van der Waals surface area contributed by atoms with Crippen molar-refractivity contribution in [3.63, 3.8) is 0 Å². The zero-order valence-electron chi connectivity index (χ0n) is 17.2. The van der Waals surface area contributed by atoms with Gasteiger partial charge in [0.2, 0.25) is 21.8 Å². The molecule has 2 aromatic rings. The van der Waals surface area contributed by atoms with E-state index in [1.165, 1.54) is 4.90 Å². The Hall–Kier alpha value is -3.41. The molecule has 2 bridgehead atoms. The Labute approximate surface area is 189 Å². The van der Waals surface area contributed by atoms with E-state index in [0.29, 0.717) is 0 Å². The van der Waals surface area contributed by atoms with Crippen LogP contribution in [0.25, 0.3) is 0 Å². The van der Waals surface area contributed by atoms with Crippen molar-refractivity contribution >= 4 is 27.5 Å². The number of carbonyl (C=O) groups is 2. The van der Waals surface area contributed by atoms with E-state index in [1.54, 1.807) is 12.2 Å². The van der Waals surface area contributed by atoms with Crippen molar-refractivity contribution in [3.05, 3.63) is 82.4 Å². The number of nitrogens with zero attached hydrogens (tertiary/aromatic N) is 2. The summed E-state index contributed by atoms with van der Waals surface area (Å²) in [5.41, 5.74) is -0.695. The van der Waals surface area contributed by atoms with Gasteiger partial charge in [-0.1, -0.05) is 42.5 Å². The number of hydrogen-bond acceptors (Lipinski definition) is 7. The normalized spacial score (nSPS) is 27.9. The number of non-ortho nitro benzene ring substituents is 1. The number of nitro groups is 1. The van der Waals surface area contributed by atoms with Crippen LogP contribution in [-0.4, -0.2) is 48.3 Å². The summed E-state index contributed by atoms with van der Waals surface area (Å²) in [4.78, 5) is 37.5. The maximum atomic E-state index is 13.2. The second kappa shape index (κ2) is 7.58. The van der Waals surface area contributed by atoms with Gasteiger partial charge in [0, 0.05) is 18.7 Å². The third kappa shape index (κ3) is 3.45. The molecular formula is C22H19N3O7S. The lowest BCUT2D eigenvalue weighted by Gasteiger charge is -2.29. The van der Waals surface area contributed by atoms with Crippen molar-refractivity contribution in [1.82, 2.24) is 9.62 Å². The number of nitrogens with one attached hydrogen (secondary N) is 1. The zero-order chi connectivity index (χ0) is 23.4. The number of sulfonamides is 1. The molecule has 33 heavy (non-hydrogen) atoms. The van der Waals surface area contributed by atoms with Crippen LogP contribution in [0.4, 0.5) is 5.69 Å². The van der Waals surface area contributed by atoms with Crippen molar-refractivity contribution in [1.29, 1.82) is 0 Å². The van der Waals surface area contributed by atoms with Gasteiger partial charge in [-0.3, -0.25) is 24.6 Å². The number of amides is 2. The molecule has 2 amide bonds. The molecule has 0 aromatic heterocycles. The Morgan fingerprint density at radius 1 is 1.06 bits per heavy atom. The third-order valence-corrected chi connectivity index (χ3v) is 7.74. The lowest BCUT2D eigenvalue weighted by atomic mass is 9.77. The predicted molar refractivity (Wildman–Crippen MR) is 114 cm³/mol. The van der Waals surface area contributed by atoms with E-state index in [9.17, 15) is 28.1 Å². The van der Waals surface area contributed by atoms with E-state index in [-0.39, 0.29) is 29.6 Å². The van der Waals surface area contributed by atoms with Crippen LogP contribution in [0.5, 0.6) is 0 Å². The highest BCUT2D eigenvalue weighted by atomic mass is 32.2. The van der Waals surface area contributed by atoms with Gasteiger partial charge >= 0.3 is 0 Å². The lowest BCUT2D eigenvalue weighted by molar-refractivity contribution is -0.384. The molecule has 3 aliphatic rings. The van der Waals surface area contributed by atoms with E-state index in [1.807, 2.05) is 30.3 Å². The fourth-order valence-electron chi connectivity index (χ4n) is 4.73. The lowest BCUT2D eigenvalue weighted by Crippen LogP contribution is -2.48. The summed E-state index contributed by atoms with van der Waals surface area (Å²) in [6, 6.07) is 13.6. The molecule has 2 fully saturated rings. The first-order chi connectivity index (χ1) is 15.7. The van der Waals surface area contributed by atoms with Gasteiger partial charge in [0.05, 0.1) is 34.3 Å². The van der Waals surface area contributed by atoms with Crippen LogP contribution in [0, 0.1) is 22.0 Å². The second-order valence-corrected chi connectivity index (χ2v) is 9.99. The maximum absolute atomic E-state index is 13.2. The summed E-state index contributed by atoms with van der Waals surface area (Å²) in [6.07, 6.45) is 2.74. The molecule has 2 saturated heterocycles. The van der Waals surface area contributed by atoms with Crippen LogP contribution >= 0.6 is 0 Å². The number of imide groups is 1. The van der Waals surface area contributed by atoms with Gasteiger partial charge in [-0.15, -0.1) is 0 Å². The van der Waals surface area contributed by atoms with Crippen LogP contribution in [0.2, 0.25) is 0 Å². The Bertz CT molecular complexity index is 1280. The van der Waals surface area contributed by atoms with Gasteiger partial charge in [-0.2, -0.15) is 0 Å². The molecule has 11 heteroatoms. The fraction of sp³-hybridized carbons (Fsp3) is 0.273. The summed E-state index contributed by atoms with van der Waals surface area (Å²) in [6.45, 7) is -0.110. The van der Waals surface area contributed by atoms with Gasteiger partial charge in [0.1, 0.15) is 5.60 Å².